The molecule has 1 N–H and O–H groups in total. The zero-order valence-electron chi connectivity index (χ0n) is 7.17. The van der Waals surface area contributed by atoms with E-state index in [4.69, 9.17) is 5.02 Å². The first kappa shape index (κ1) is 10.8. The van der Waals surface area contributed by atoms with E-state index in [1.807, 2.05) is 0 Å². The summed E-state index contributed by atoms with van der Waals surface area (Å²) in [5, 5.41) is 8.28. The Kier molecular flexibility index (Phi) is 3.00. The van der Waals surface area contributed by atoms with Crippen molar-refractivity contribution in [2.75, 3.05) is 0 Å². The second-order valence-electron chi connectivity index (χ2n) is 2.53. The Labute approximate surface area is 78.8 Å². The highest BCUT2D eigenvalue weighted by molar-refractivity contribution is 6.17. The molecular formula is C7H6BF3NO2. The second-order valence-corrected chi connectivity index (χ2v) is 2.53. The molecule has 1 radical (unpaired) electrons. The van der Waals surface area contributed by atoms with E-state index in [1.54, 1.807) is 0 Å². The Morgan fingerprint density at radius 3 is 2.64 bits per heavy atom. The van der Waals surface area contributed by atoms with E-state index >= 15 is 0 Å². The van der Waals surface area contributed by atoms with Gasteiger partial charge >= 0.3 is 13.9 Å². The molecule has 1 aromatic rings. The Morgan fingerprint density at radius 1 is 1.50 bits per heavy atom. The van der Waals surface area contributed by atoms with Crippen LogP contribution in [0.15, 0.2) is 12.3 Å². The maximum Gasteiger partial charge on any atom is 0.569 e. The summed E-state index contributed by atoms with van der Waals surface area (Å²) in [4.78, 5) is 3.49. The summed E-state index contributed by atoms with van der Waals surface area (Å²) < 4.78 is 41.0. The van der Waals surface area contributed by atoms with Gasteiger partial charge < -0.3 is 9.68 Å². The molecule has 1 aromatic heterocycles. The van der Waals surface area contributed by atoms with Crippen LogP contribution in [-0.2, 0) is 6.18 Å². The molecule has 0 aliphatic rings. The van der Waals surface area contributed by atoms with Gasteiger partial charge in [0, 0.05) is 6.20 Å². The Balaban J connectivity index is 3.06. The lowest BCUT2D eigenvalue weighted by atomic mass is 10.2. The summed E-state index contributed by atoms with van der Waals surface area (Å²) in [5.41, 5.74) is -0.650. The molecule has 0 saturated heterocycles. The monoisotopic (exact) mass is 204 g/mol. The molecule has 7 heteroatoms. The predicted octanol–water partition coefficient (Wildman–Crippen LogP) is 1.31. The molecule has 0 bridgehead atoms. The number of rotatable bonds is 2. The van der Waals surface area contributed by atoms with Gasteiger partial charge in [-0.3, -0.25) is 4.98 Å². The van der Waals surface area contributed by atoms with Crippen LogP contribution < -0.4 is 4.65 Å². The highest BCUT2D eigenvalue weighted by atomic mass is 19.4. The van der Waals surface area contributed by atoms with Gasteiger partial charge in [-0.25, -0.2) is 0 Å². The van der Waals surface area contributed by atoms with Gasteiger partial charge in [0.05, 0.1) is 11.3 Å². The minimum atomic E-state index is -4.46. The van der Waals surface area contributed by atoms with Gasteiger partial charge in [-0.1, -0.05) is 0 Å². The SMILES string of the molecule is Cc1ncc(C(F)(F)F)cc1O[B]O. The number of hydrogen-bond acceptors (Lipinski definition) is 3. The standard InChI is InChI=1S/C7H6BF3NO2/c1-4-6(14-8-13)2-5(3-12-4)7(9,10)11/h2-3,13H,1H3. The minimum Gasteiger partial charge on any atom is -0.536 e. The van der Waals surface area contributed by atoms with Crippen molar-refractivity contribution in [1.29, 1.82) is 0 Å². The minimum absolute atomic E-state index is 0.123. The van der Waals surface area contributed by atoms with Crippen molar-refractivity contribution in [3.8, 4) is 5.75 Å². The summed E-state index contributed by atoms with van der Waals surface area (Å²) in [7, 11) is 0.310. The van der Waals surface area contributed by atoms with Gasteiger partial charge in [0.15, 0.2) is 0 Å². The molecule has 0 atom stereocenters. The fraction of sp³-hybridized carbons (Fsp3) is 0.286. The molecule has 1 rings (SSSR count). The van der Waals surface area contributed by atoms with Crippen molar-refractivity contribution in [3.63, 3.8) is 0 Å². The number of pyridine rings is 1. The maximum absolute atomic E-state index is 12.2. The fourth-order valence-electron chi connectivity index (χ4n) is 0.844. The van der Waals surface area contributed by atoms with Crippen molar-refractivity contribution in [2.45, 2.75) is 13.1 Å². The first-order valence-electron chi connectivity index (χ1n) is 3.61. The molecule has 0 aliphatic heterocycles. The number of nitrogens with zero attached hydrogens (tertiary/aromatic N) is 1. The van der Waals surface area contributed by atoms with Crippen molar-refractivity contribution in [2.24, 2.45) is 0 Å². The number of aromatic nitrogens is 1. The van der Waals surface area contributed by atoms with Crippen LogP contribution in [0, 0.1) is 6.92 Å². The van der Waals surface area contributed by atoms with Gasteiger partial charge in [-0.2, -0.15) is 13.2 Å². The molecule has 0 fully saturated rings. The van der Waals surface area contributed by atoms with Gasteiger partial charge in [-0.15, -0.1) is 0 Å². The second kappa shape index (κ2) is 3.87. The number of alkyl halides is 3. The normalized spacial score (nSPS) is 11.2. The molecule has 0 spiro atoms. The average molecular weight is 204 g/mol. The van der Waals surface area contributed by atoms with E-state index in [0.717, 1.165) is 6.07 Å². The van der Waals surface area contributed by atoms with Crippen molar-refractivity contribution >= 4 is 7.69 Å². The van der Waals surface area contributed by atoms with E-state index in [-0.39, 0.29) is 11.4 Å². The lowest BCUT2D eigenvalue weighted by molar-refractivity contribution is -0.137. The predicted molar refractivity (Wildman–Crippen MR) is 42.6 cm³/mol. The van der Waals surface area contributed by atoms with E-state index in [9.17, 15) is 13.2 Å². The van der Waals surface area contributed by atoms with E-state index < -0.39 is 11.7 Å². The topological polar surface area (TPSA) is 42.4 Å². The van der Waals surface area contributed by atoms with E-state index in [0.29, 0.717) is 13.9 Å². The smallest absolute Gasteiger partial charge is 0.536 e. The number of hydrogen-bond donors (Lipinski definition) is 1. The molecule has 0 aliphatic carbocycles. The lowest BCUT2D eigenvalue weighted by Gasteiger charge is -2.09. The molecule has 0 unspecified atom stereocenters. The molecule has 0 aromatic carbocycles. The van der Waals surface area contributed by atoms with Crippen molar-refractivity contribution in [1.82, 2.24) is 4.98 Å². The van der Waals surface area contributed by atoms with Gasteiger partial charge in [0.1, 0.15) is 5.75 Å². The first-order valence-corrected chi connectivity index (χ1v) is 3.61. The summed E-state index contributed by atoms with van der Waals surface area (Å²) in [5.74, 6) is -0.123. The zero-order chi connectivity index (χ0) is 10.8. The van der Waals surface area contributed by atoms with Gasteiger partial charge in [0.2, 0.25) is 0 Å². The van der Waals surface area contributed by atoms with Gasteiger partial charge in [0.25, 0.3) is 0 Å². The zero-order valence-corrected chi connectivity index (χ0v) is 7.17. The third-order valence-corrected chi connectivity index (χ3v) is 1.55. The molecule has 0 saturated carbocycles. The largest absolute Gasteiger partial charge is 0.569 e. The molecule has 1 heterocycles. The van der Waals surface area contributed by atoms with Crippen molar-refractivity contribution < 1.29 is 22.8 Å². The van der Waals surface area contributed by atoms with Crippen LogP contribution in [0.3, 0.4) is 0 Å². The van der Waals surface area contributed by atoms with Crippen LogP contribution in [0.4, 0.5) is 13.2 Å². The molecule has 3 nitrogen and oxygen atoms in total. The van der Waals surface area contributed by atoms with Gasteiger partial charge in [-0.05, 0) is 13.0 Å². The van der Waals surface area contributed by atoms with Crippen LogP contribution >= 0.6 is 0 Å². The maximum atomic E-state index is 12.2. The fourth-order valence-corrected chi connectivity index (χ4v) is 0.844. The Hall–Kier alpha value is -1.24. The first-order chi connectivity index (χ1) is 6.45. The molecule has 0 amide bonds. The average Bonchev–Trinajstić information content (AvgIpc) is 2.07. The third-order valence-electron chi connectivity index (χ3n) is 1.55. The summed E-state index contributed by atoms with van der Waals surface area (Å²) >= 11 is 0. The summed E-state index contributed by atoms with van der Waals surface area (Å²) in [6.45, 7) is 1.47. The number of aryl methyl sites for hydroxylation is 1. The highest BCUT2D eigenvalue weighted by Gasteiger charge is 2.31. The number of halogens is 3. The lowest BCUT2D eigenvalue weighted by Crippen LogP contribution is -2.08. The summed E-state index contributed by atoms with van der Waals surface area (Å²) in [6, 6.07) is 0.773. The van der Waals surface area contributed by atoms with E-state index in [2.05, 4.69) is 9.64 Å². The van der Waals surface area contributed by atoms with Crippen LogP contribution in [0.1, 0.15) is 11.3 Å². The molecular weight excluding hydrogens is 198 g/mol. The Morgan fingerprint density at radius 2 is 2.14 bits per heavy atom. The molecule has 14 heavy (non-hydrogen) atoms. The van der Waals surface area contributed by atoms with Crippen LogP contribution in [0.2, 0.25) is 0 Å². The van der Waals surface area contributed by atoms with Crippen molar-refractivity contribution in [3.05, 3.63) is 23.5 Å². The Bertz CT molecular complexity index is 329. The highest BCUT2D eigenvalue weighted by Crippen LogP contribution is 2.31. The third kappa shape index (κ3) is 2.38. The van der Waals surface area contributed by atoms with Crippen LogP contribution in [0.25, 0.3) is 0 Å². The quantitative estimate of drug-likeness (QED) is 0.738. The van der Waals surface area contributed by atoms with E-state index in [1.165, 1.54) is 6.92 Å². The van der Waals surface area contributed by atoms with Crippen LogP contribution in [-0.4, -0.2) is 17.7 Å². The molecule has 75 valence electrons. The summed E-state index contributed by atoms with van der Waals surface area (Å²) in [6.07, 6.45) is -3.76. The van der Waals surface area contributed by atoms with Crippen LogP contribution in [0.5, 0.6) is 5.75 Å².